The van der Waals surface area contributed by atoms with Crippen LogP contribution >= 0.6 is 0 Å². The third kappa shape index (κ3) is 10.4. The zero-order valence-electron chi connectivity index (χ0n) is 39.8. The molecule has 17 heteroatoms. The van der Waals surface area contributed by atoms with Gasteiger partial charge in [-0.05, 0) is 37.6 Å². The molecule has 0 spiro atoms. The maximum atomic E-state index is 14.6. The number of benzene rings is 3. The Morgan fingerprint density at radius 3 is 2.30 bits per heavy atom. The van der Waals surface area contributed by atoms with E-state index >= 15 is 0 Å². The van der Waals surface area contributed by atoms with E-state index in [1.807, 2.05) is 24.3 Å². The Balaban J connectivity index is 1.44. The molecule has 3 aromatic rings. The van der Waals surface area contributed by atoms with Crippen LogP contribution in [0.4, 0.5) is 5.69 Å². The van der Waals surface area contributed by atoms with Gasteiger partial charge in [-0.25, -0.2) is 0 Å². The van der Waals surface area contributed by atoms with Crippen molar-refractivity contribution in [3.8, 4) is 28.7 Å². The Kier molecular flexibility index (Phi) is 15.6. The van der Waals surface area contributed by atoms with Crippen LogP contribution < -0.4 is 14.8 Å². The Morgan fingerprint density at radius 2 is 1.64 bits per heavy atom. The summed E-state index contributed by atoms with van der Waals surface area (Å²) >= 11 is 0. The molecule has 67 heavy (non-hydrogen) atoms. The van der Waals surface area contributed by atoms with Crippen LogP contribution in [0.15, 0.2) is 65.5 Å². The number of phenolic OH excluding ortho intramolecular Hbond substituents is 3. The zero-order chi connectivity index (χ0) is 49.1. The number of allylic oxidation sites excluding steroid dienone is 2. The maximum Gasteiger partial charge on any atom is 0.312 e. The van der Waals surface area contributed by atoms with Crippen LogP contribution in [0.2, 0.25) is 0 Å². The second kappa shape index (κ2) is 20.8. The second-order valence-corrected chi connectivity index (χ2v) is 17.9. The van der Waals surface area contributed by atoms with E-state index in [4.69, 9.17) is 23.7 Å². The van der Waals surface area contributed by atoms with Gasteiger partial charge in [0.2, 0.25) is 0 Å². The van der Waals surface area contributed by atoms with Crippen molar-refractivity contribution in [2.45, 2.75) is 92.1 Å². The smallest absolute Gasteiger partial charge is 0.312 e. The number of fused-ring (bicyclic) bond motifs is 14. The summed E-state index contributed by atoms with van der Waals surface area (Å²) in [5.74, 6) is -7.73. The molecule has 362 valence electrons. The number of methoxy groups -OCH3 is 2. The molecular weight excluding hydrogens is 865 g/mol. The number of esters is 1. The number of carbonyl (C=O) groups is 3. The van der Waals surface area contributed by atoms with Gasteiger partial charge in [0.25, 0.3) is 11.7 Å². The first-order valence-electron chi connectivity index (χ1n) is 22.4. The van der Waals surface area contributed by atoms with Crippen LogP contribution in [0.3, 0.4) is 0 Å². The summed E-state index contributed by atoms with van der Waals surface area (Å²) in [5, 5.41) is 67.6. The standard InChI is InChI=1S/C50H64N4O13/c1-26-13-11-14-27(2)49(62)52-40-35(24-51-54-20-18-53(19-21-54)25-33-15-12-16-34(23-33)63-9)44(59)37-38(45(40)60)43(58)31(6)47-39(37)48(61)50(8,67-47)65-22-17-36(64-10)28(3)46(66-32(7)55)30(5)42(57)29(4)41(26)56/h11-17,22-24,26,28-30,36,41-42,46,56-60H,18-21,25H2,1-10H3,(H,52,62). The minimum Gasteiger partial charge on any atom is -0.507 e. The normalized spacial score (nSPS) is 27.8. The van der Waals surface area contributed by atoms with Gasteiger partial charge < -0.3 is 54.5 Å². The molecule has 7 rings (SSSR count). The van der Waals surface area contributed by atoms with E-state index in [1.165, 1.54) is 59.4 Å². The van der Waals surface area contributed by atoms with E-state index in [2.05, 4.69) is 15.3 Å². The molecule has 0 aliphatic carbocycles. The quantitative estimate of drug-likeness (QED) is 0.0700. The number of hydrogen-bond acceptors (Lipinski definition) is 16. The number of anilines is 1. The number of ketones is 1. The Morgan fingerprint density at radius 1 is 0.940 bits per heavy atom. The number of hydrogen-bond donors (Lipinski definition) is 6. The van der Waals surface area contributed by atoms with E-state index in [0.29, 0.717) is 32.7 Å². The highest BCUT2D eigenvalue weighted by Gasteiger charge is 2.50. The van der Waals surface area contributed by atoms with Crippen molar-refractivity contribution in [1.82, 2.24) is 9.91 Å². The van der Waals surface area contributed by atoms with E-state index < -0.39 is 88.8 Å². The molecule has 9 unspecified atom stereocenters. The average Bonchev–Trinajstić information content (AvgIpc) is 3.57. The highest BCUT2D eigenvalue weighted by atomic mass is 16.7. The van der Waals surface area contributed by atoms with Crippen molar-refractivity contribution in [3.05, 3.63) is 82.7 Å². The third-order valence-electron chi connectivity index (χ3n) is 13.3. The summed E-state index contributed by atoms with van der Waals surface area (Å²) in [4.78, 5) is 43.2. The maximum absolute atomic E-state index is 14.6. The predicted molar refractivity (Wildman–Crippen MR) is 251 cm³/mol. The van der Waals surface area contributed by atoms with Crippen LogP contribution in [0.25, 0.3) is 10.8 Å². The molecule has 17 nitrogen and oxygen atoms in total. The molecule has 0 radical (unpaired) electrons. The molecule has 0 aromatic heterocycles. The second-order valence-electron chi connectivity index (χ2n) is 17.9. The monoisotopic (exact) mass is 928 g/mol. The van der Waals surface area contributed by atoms with Crippen LogP contribution in [0.1, 0.15) is 75.5 Å². The molecule has 4 aliphatic heterocycles. The number of aromatic hydroxyl groups is 3. The lowest BCUT2D eigenvalue weighted by atomic mass is 9.78. The molecular formula is C50H64N4O13. The summed E-state index contributed by atoms with van der Waals surface area (Å²) in [6, 6.07) is 7.85. The number of ether oxygens (including phenoxy) is 5. The van der Waals surface area contributed by atoms with Crippen molar-refractivity contribution in [3.63, 3.8) is 0 Å². The van der Waals surface area contributed by atoms with Crippen molar-refractivity contribution in [1.29, 1.82) is 0 Å². The van der Waals surface area contributed by atoms with Crippen molar-refractivity contribution < 1.29 is 63.6 Å². The Labute approximate surface area is 390 Å². The minimum atomic E-state index is -2.07. The van der Waals surface area contributed by atoms with Gasteiger partial charge in [0.05, 0.1) is 60.1 Å². The molecule has 4 aliphatic rings. The Hall–Kier alpha value is -6.14. The number of piperazine rings is 1. The average molecular weight is 929 g/mol. The highest BCUT2D eigenvalue weighted by molar-refractivity contribution is 6.23. The van der Waals surface area contributed by atoms with Gasteiger partial charge in [-0.1, -0.05) is 58.1 Å². The summed E-state index contributed by atoms with van der Waals surface area (Å²) in [6.07, 6.45) is 4.82. The molecule has 4 heterocycles. The van der Waals surface area contributed by atoms with Gasteiger partial charge in [-0.3, -0.25) is 24.3 Å². The largest absolute Gasteiger partial charge is 0.507 e. The lowest BCUT2D eigenvalue weighted by Crippen LogP contribution is -2.46. The van der Waals surface area contributed by atoms with Crippen molar-refractivity contribution in [2.75, 3.05) is 45.7 Å². The number of Topliss-reactive ketones (excluding diaryl/α,β-unsaturated/α-hetero) is 1. The SMILES string of the molecule is COc1cccc(CN2CCN(N=Cc3c4c(O)c5c(O)c(C)c6c(c5c3O)C(=O)C(C)(OC=CC(OC)C(C)C(OC(C)=O)C(C)C(O)C(C)C(O)C(C)C=CC=C(C)C(=O)N4)O6)CC2)c1. The summed E-state index contributed by atoms with van der Waals surface area (Å²) in [7, 11) is 3.06. The summed E-state index contributed by atoms with van der Waals surface area (Å²) in [6.45, 7) is 15.5. The van der Waals surface area contributed by atoms with Crippen molar-refractivity contribution >= 4 is 40.3 Å². The lowest BCUT2D eigenvalue weighted by molar-refractivity contribution is -0.160. The fourth-order valence-electron chi connectivity index (χ4n) is 9.05. The molecule has 1 amide bonds. The molecule has 3 aromatic carbocycles. The molecule has 1 fully saturated rings. The number of hydrazone groups is 1. The van der Waals surface area contributed by atoms with E-state index in [1.54, 1.807) is 52.0 Å². The highest BCUT2D eigenvalue weighted by Crippen LogP contribution is 2.55. The number of amides is 1. The Bertz CT molecular complexity index is 2480. The van der Waals surface area contributed by atoms with Crippen molar-refractivity contribution in [2.24, 2.45) is 28.8 Å². The first-order valence-corrected chi connectivity index (χ1v) is 22.4. The number of carbonyl (C=O) groups excluding carboxylic acids is 3. The van der Waals surface area contributed by atoms with Gasteiger partial charge in [0.1, 0.15) is 29.1 Å². The van der Waals surface area contributed by atoms with Crippen LogP contribution in [0, 0.1) is 30.6 Å². The molecule has 1 saturated heterocycles. The third-order valence-corrected chi connectivity index (χ3v) is 13.3. The molecule has 0 saturated carbocycles. The van der Waals surface area contributed by atoms with Crippen LogP contribution in [-0.4, -0.2) is 130 Å². The molecule has 6 N–H and O–H groups in total. The van der Waals surface area contributed by atoms with Gasteiger partial charge in [-0.15, -0.1) is 0 Å². The van der Waals surface area contributed by atoms with Crippen LogP contribution in [-0.2, 0) is 30.3 Å². The zero-order valence-corrected chi connectivity index (χ0v) is 39.8. The predicted octanol–water partition coefficient (Wildman–Crippen LogP) is 5.91. The number of aliphatic hydroxyl groups is 2. The summed E-state index contributed by atoms with van der Waals surface area (Å²) in [5.41, 5.74) is 0.674. The first kappa shape index (κ1) is 50.3. The van der Waals surface area contributed by atoms with Gasteiger partial charge in [0, 0.05) is 93.9 Å². The van der Waals surface area contributed by atoms with Gasteiger partial charge in [-0.2, -0.15) is 5.10 Å². The van der Waals surface area contributed by atoms with Gasteiger partial charge >= 0.3 is 11.8 Å². The minimum absolute atomic E-state index is 0.0461. The van der Waals surface area contributed by atoms with Gasteiger partial charge in [0.15, 0.2) is 5.75 Å². The fraction of sp³-hybridized carbons (Fsp3) is 0.480. The van der Waals surface area contributed by atoms with E-state index in [9.17, 15) is 39.9 Å². The lowest BCUT2D eigenvalue weighted by Gasteiger charge is -2.38. The topological polar surface area (TPSA) is 229 Å². The van der Waals surface area contributed by atoms with E-state index in [-0.39, 0.29) is 44.5 Å². The molecule has 5 bridgehead atoms. The number of rotatable bonds is 7. The number of nitrogens with one attached hydrogen (secondary N) is 1. The molecule has 9 atom stereocenters. The summed E-state index contributed by atoms with van der Waals surface area (Å²) < 4.78 is 29.1. The number of aliphatic hydroxyl groups excluding tert-OH is 2. The van der Waals surface area contributed by atoms with Crippen LogP contribution in [0.5, 0.6) is 28.7 Å². The number of nitrogens with zero attached hydrogens (tertiary/aromatic N) is 3. The van der Waals surface area contributed by atoms with E-state index in [0.717, 1.165) is 11.3 Å². The fourth-order valence-corrected chi connectivity index (χ4v) is 9.05. The first-order chi connectivity index (χ1) is 31.7. The number of phenols is 3.